The van der Waals surface area contributed by atoms with Crippen LogP contribution in [0.4, 0.5) is 0 Å². The summed E-state index contributed by atoms with van der Waals surface area (Å²) >= 11 is 0. The Morgan fingerprint density at radius 3 is 1.91 bits per heavy atom. The quantitative estimate of drug-likeness (QED) is 0.359. The van der Waals surface area contributed by atoms with Gasteiger partial charge < -0.3 is 10.0 Å². The Morgan fingerprint density at radius 2 is 1.82 bits per heavy atom. The molecule has 1 N–H and O–H groups in total. The molecular formula is C7H11NO3. The molecule has 0 atom stereocenters. The van der Waals surface area contributed by atoms with Crippen molar-refractivity contribution in [1.82, 2.24) is 4.90 Å². The molecule has 11 heavy (non-hydrogen) atoms. The lowest BCUT2D eigenvalue weighted by atomic mass is 10.2. The fraction of sp³-hybridized carbons (Fsp3) is 0.429. The lowest BCUT2D eigenvalue weighted by Crippen LogP contribution is -2.13. The largest absolute Gasteiger partial charge is 0.478 e. The summed E-state index contributed by atoms with van der Waals surface area (Å²) in [7, 11) is 3.32. The van der Waals surface area contributed by atoms with Crippen LogP contribution in [0.25, 0.3) is 0 Å². The van der Waals surface area contributed by atoms with Crippen molar-refractivity contribution < 1.29 is 14.7 Å². The number of Topliss-reactive ketones (excluding diaryl/α,β-unsaturated/α-hetero) is 1. The molecule has 0 heterocycles. The van der Waals surface area contributed by atoms with Crippen LogP contribution in [0.5, 0.6) is 0 Å². The van der Waals surface area contributed by atoms with Crippen molar-refractivity contribution in [3.8, 4) is 0 Å². The monoisotopic (exact) mass is 157 g/mol. The van der Waals surface area contributed by atoms with Gasteiger partial charge in [-0.1, -0.05) is 0 Å². The summed E-state index contributed by atoms with van der Waals surface area (Å²) in [5, 5.41) is 8.48. The van der Waals surface area contributed by atoms with Gasteiger partial charge in [0, 0.05) is 20.3 Å². The third-order valence-corrected chi connectivity index (χ3v) is 0.997. The summed E-state index contributed by atoms with van der Waals surface area (Å²) in [6.45, 7) is 1.23. The predicted molar refractivity (Wildman–Crippen MR) is 40.1 cm³/mol. The molecule has 0 radical (unpaired) electrons. The van der Waals surface area contributed by atoms with Crippen LogP contribution in [0.15, 0.2) is 11.8 Å². The number of carbonyl (C=O) groups excluding carboxylic acids is 1. The average Bonchev–Trinajstić information content (AvgIpc) is 1.81. The van der Waals surface area contributed by atoms with Gasteiger partial charge in [-0.2, -0.15) is 0 Å². The van der Waals surface area contributed by atoms with Crippen LogP contribution in [-0.2, 0) is 9.59 Å². The van der Waals surface area contributed by atoms with E-state index in [1.54, 1.807) is 14.1 Å². The van der Waals surface area contributed by atoms with E-state index in [4.69, 9.17) is 5.11 Å². The number of hydrogen-bond acceptors (Lipinski definition) is 3. The van der Waals surface area contributed by atoms with Crippen molar-refractivity contribution in [3.63, 3.8) is 0 Å². The minimum absolute atomic E-state index is 0.199. The van der Waals surface area contributed by atoms with Crippen LogP contribution >= 0.6 is 0 Å². The van der Waals surface area contributed by atoms with Crippen LogP contribution < -0.4 is 0 Å². The highest BCUT2D eigenvalue weighted by molar-refractivity contribution is 6.15. The van der Waals surface area contributed by atoms with Crippen LogP contribution in [0.3, 0.4) is 0 Å². The standard InChI is InChI=1S/C7H11NO3/c1-5(9)6(7(10)11)4-8(2)3/h4H,1-3H3,(H,10,11)/b6-4+. The fourth-order valence-electron chi connectivity index (χ4n) is 0.555. The maximum atomic E-state index is 10.6. The molecule has 0 aromatic carbocycles. The minimum atomic E-state index is -1.19. The third-order valence-electron chi connectivity index (χ3n) is 0.997. The first-order chi connectivity index (χ1) is 4.95. The second kappa shape index (κ2) is 3.75. The summed E-state index contributed by atoms with van der Waals surface area (Å²) in [6.07, 6.45) is 1.28. The molecule has 0 fully saturated rings. The van der Waals surface area contributed by atoms with Crippen LogP contribution in [0.1, 0.15) is 6.92 Å². The molecule has 0 rings (SSSR count). The molecule has 0 saturated heterocycles. The van der Waals surface area contributed by atoms with Gasteiger partial charge in [-0.3, -0.25) is 4.79 Å². The Balaban J connectivity index is 4.60. The Hall–Kier alpha value is -1.32. The molecular weight excluding hydrogens is 146 g/mol. The molecule has 0 aliphatic heterocycles. The first kappa shape index (κ1) is 9.68. The zero-order valence-corrected chi connectivity index (χ0v) is 6.79. The summed E-state index contributed by atoms with van der Waals surface area (Å²) < 4.78 is 0. The molecule has 0 aliphatic carbocycles. The highest BCUT2D eigenvalue weighted by Gasteiger charge is 2.12. The molecule has 0 saturated carbocycles. The average molecular weight is 157 g/mol. The molecule has 0 amide bonds. The Labute approximate surface area is 65.1 Å². The highest BCUT2D eigenvalue weighted by Crippen LogP contribution is 1.96. The van der Waals surface area contributed by atoms with Crippen molar-refractivity contribution >= 4 is 11.8 Å². The number of hydrogen-bond donors (Lipinski definition) is 1. The molecule has 4 nitrogen and oxygen atoms in total. The number of carboxylic acid groups (broad SMARTS) is 1. The number of ketones is 1. The van der Waals surface area contributed by atoms with Gasteiger partial charge in [-0.05, 0) is 6.92 Å². The van der Waals surface area contributed by atoms with Gasteiger partial charge >= 0.3 is 5.97 Å². The Morgan fingerprint density at radius 1 is 1.36 bits per heavy atom. The third kappa shape index (κ3) is 3.40. The van der Waals surface area contributed by atoms with Crippen molar-refractivity contribution in [2.45, 2.75) is 6.92 Å². The molecule has 0 bridgehead atoms. The summed E-state index contributed by atoms with van der Waals surface area (Å²) in [4.78, 5) is 22.5. The molecule has 4 heteroatoms. The number of rotatable bonds is 3. The number of nitrogens with zero attached hydrogens (tertiary/aromatic N) is 1. The molecule has 62 valence electrons. The van der Waals surface area contributed by atoms with Gasteiger partial charge in [0.25, 0.3) is 0 Å². The van der Waals surface area contributed by atoms with E-state index in [2.05, 4.69) is 0 Å². The van der Waals surface area contributed by atoms with Crippen LogP contribution in [0.2, 0.25) is 0 Å². The van der Waals surface area contributed by atoms with E-state index in [0.717, 1.165) is 0 Å². The van der Waals surface area contributed by atoms with E-state index in [-0.39, 0.29) is 5.57 Å². The lowest BCUT2D eigenvalue weighted by Gasteiger charge is -2.05. The fourth-order valence-corrected chi connectivity index (χ4v) is 0.555. The Kier molecular flexibility index (Phi) is 3.30. The normalized spacial score (nSPS) is 11.0. The van der Waals surface area contributed by atoms with E-state index < -0.39 is 11.8 Å². The minimum Gasteiger partial charge on any atom is -0.478 e. The Bertz CT molecular complexity index is 190. The van der Waals surface area contributed by atoms with E-state index in [0.29, 0.717) is 0 Å². The SMILES string of the molecule is CC(=O)/C(=C\N(C)C)C(=O)O. The van der Waals surface area contributed by atoms with E-state index in [1.165, 1.54) is 18.0 Å². The van der Waals surface area contributed by atoms with E-state index in [9.17, 15) is 9.59 Å². The summed E-state index contributed by atoms with van der Waals surface area (Å²) in [6, 6.07) is 0. The summed E-state index contributed by atoms with van der Waals surface area (Å²) in [5.41, 5.74) is -0.199. The van der Waals surface area contributed by atoms with Crippen molar-refractivity contribution in [1.29, 1.82) is 0 Å². The smallest absolute Gasteiger partial charge is 0.340 e. The van der Waals surface area contributed by atoms with Gasteiger partial charge in [-0.15, -0.1) is 0 Å². The van der Waals surface area contributed by atoms with Gasteiger partial charge in [-0.25, -0.2) is 4.79 Å². The van der Waals surface area contributed by atoms with Crippen LogP contribution in [0, 0.1) is 0 Å². The predicted octanol–water partition coefficient (Wildman–Crippen LogP) is 0.106. The van der Waals surface area contributed by atoms with Crippen molar-refractivity contribution in [2.75, 3.05) is 14.1 Å². The lowest BCUT2D eigenvalue weighted by molar-refractivity contribution is -0.134. The van der Waals surface area contributed by atoms with E-state index >= 15 is 0 Å². The molecule has 0 unspecified atom stereocenters. The molecule has 0 aromatic rings. The molecule has 0 aromatic heterocycles. The maximum Gasteiger partial charge on any atom is 0.340 e. The maximum absolute atomic E-state index is 10.6. The van der Waals surface area contributed by atoms with E-state index in [1.807, 2.05) is 0 Å². The first-order valence-electron chi connectivity index (χ1n) is 3.07. The zero-order valence-electron chi connectivity index (χ0n) is 6.79. The second-order valence-corrected chi connectivity index (χ2v) is 2.37. The van der Waals surface area contributed by atoms with Crippen molar-refractivity contribution in [3.05, 3.63) is 11.8 Å². The first-order valence-corrected chi connectivity index (χ1v) is 3.07. The highest BCUT2D eigenvalue weighted by atomic mass is 16.4. The second-order valence-electron chi connectivity index (χ2n) is 2.37. The van der Waals surface area contributed by atoms with Gasteiger partial charge in [0.1, 0.15) is 5.57 Å². The van der Waals surface area contributed by atoms with Gasteiger partial charge in [0.2, 0.25) is 0 Å². The van der Waals surface area contributed by atoms with Gasteiger partial charge in [0.15, 0.2) is 5.78 Å². The molecule has 0 aliphatic rings. The molecule has 0 spiro atoms. The number of carboxylic acids is 1. The zero-order chi connectivity index (χ0) is 9.02. The topological polar surface area (TPSA) is 57.6 Å². The van der Waals surface area contributed by atoms with Crippen molar-refractivity contribution in [2.24, 2.45) is 0 Å². The van der Waals surface area contributed by atoms with Crippen LogP contribution in [-0.4, -0.2) is 35.9 Å². The number of carbonyl (C=O) groups is 2. The number of aliphatic carboxylic acids is 1. The summed E-state index contributed by atoms with van der Waals surface area (Å²) in [5.74, 6) is -1.63. The van der Waals surface area contributed by atoms with Gasteiger partial charge in [0.05, 0.1) is 0 Å².